The van der Waals surface area contributed by atoms with Crippen LogP contribution in [0.4, 0.5) is 0 Å². The van der Waals surface area contributed by atoms with Crippen LogP contribution in [0.2, 0.25) is 0 Å². The fourth-order valence-corrected chi connectivity index (χ4v) is 9.71. The summed E-state index contributed by atoms with van der Waals surface area (Å²) in [6.07, 6.45) is 91.4. The van der Waals surface area contributed by atoms with Crippen molar-refractivity contribution in [3.05, 3.63) is 97.2 Å². The molecule has 0 fully saturated rings. The molecule has 1 unspecified atom stereocenters. The van der Waals surface area contributed by atoms with Gasteiger partial charge in [-0.2, -0.15) is 0 Å². The first-order valence-electron chi connectivity index (χ1n) is 34.2. The molecule has 6 nitrogen and oxygen atoms in total. The van der Waals surface area contributed by atoms with Crippen molar-refractivity contribution in [2.24, 2.45) is 0 Å². The molecule has 1 atom stereocenters. The molecule has 0 heterocycles. The third kappa shape index (κ3) is 65.1. The van der Waals surface area contributed by atoms with Crippen molar-refractivity contribution in [3.8, 4) is 0 Å². The maximum absolute atomic E-state index is 12.9. The summed E-state index contributed by atoms with van der Waals surface area (Å²) in [5.41, 5.74) is 0. The van der Waals surface area contributed by atoms with Crippen LogP contribution in [0.3, 0.4) is 0 Å². The average Bonchev–Trinajstić information content (AvgIpc) is 3.46. The molecule has 0 saturated carbocycles. The van der Waals surface area contributed by atoms with Crippen molar-refractivity contribution in [1.82, 2.24) is 0 Å². The number of esters is 3. The smallest absolute Gasteiger partial charge is 0.306 e. The zero-order chi connectivity index (χ0) is 57.8. The number of carbonyl (C=O) groups excluding carboxylic acids is 3. The fourth-order valence-electron chi connectivity index (χ4n) is 9.71. The van der Waals surface area contributed by atoms with Gasteiger partial charge >= 0.3 is 17.9 Å². The summed E-state index contributed by atoms with van der Waals surface area (Å²) in [5.74, 6) is -0.918. The van der Waals surface area contributed by atoms with Gasteiger partial charge in [-0.25, -0.2) is 0 Å². The Hall–Kier alpha value is -3.67. The molecule has 0 rings (SSSR count). The molecule has 0 saturated heterocycles. The van der Waals surface area contributed by atoms with E-state index in [1.165, 1.54) is 180 Å². The van der Waals surface area contributed by atoms with Gasteiger partial charge in [-0.15, -0.1) is 0 Å². The Morgan fingerprint density at radius 2 is 0.487 bits per heavy atom. The normalized spacial score (nSPS) is 12.7. The van der Waals surface area contributed by atoms with Gasteiger partial charge in [0.15, 0.2) is 6.10 Å². The lowest BCUT2D eigenvalue weighted by Crippen LogP contribution is -2.30. The maximum atomic E-state index is 12.9. The molecule has 80 heavy (non-hydrogen) atoms. The van der Waals surface area contributed by atoms with Crippen molar-refractivity contribution in [2.75, 3.05) is 13.2 Å². The van der Waals surface area contributed by atoms with E-state index in [4.69, 9.17) is 14.2 Å². The first-order chi connectivity index (χ1) is 39.5. The van der Waals surface area contributed by atoms with Crippen LogP contribution >= 0.6 is 0 Å². The van der Waals surface area contributed by atoms with E-state index in [1.807, 2.05) is 0 Å². The van der Waals surface area contributed by atoms with E-state index in [-0.39, 0.29) is 31.1 Å². The van der Waals surface area contributed by atoms with Gasteiger partial charge in [0.05, 0.1) is 0 Å². The van der Waals surface area contributed by atoms with Crippen LogP contribution in [-0.2, 0) is 28.6 Å². The van der Waals surface area contributed by atoms with E-state index >= 15 is 0 Å². The number of hydrogen-bond donors (Lipinski definition) is 0. The fraction of sp³-hybridized carbons (Fsp3) is 0.743. The number of hydrogen-bond acceptors (Lipinski definition) is 6. The van der Waals surface area contributed by atoms with Gasteiger partial charge in [0, 0.05) is 19.3 Å². The second kappa shape index (κ2) is 67.8. The summed E-state index contributed by atoms with van der Waals surface area (Å²) >= 11 is 0. The van der Waals surface area contributed by atoms with Gasteiger partial charge in [-0.3, -0.25) is 14.4 Å². The van der Waals surface area contributed by atoms with Crippen LogP contribution in [0.15, 0.2) is 97.2 Å². The minimum absolute atomic E-state index is 0.0903. The van der Waals surface area contributed by atoms with Crippen molar-refractivity contribution >= 4 is 17.9 Å². The number of allylic oxidation sites excluding steroid dienone is 16. The third-order valence-corrected chi connectivity index (χ3v) is 14.8. The zero-order valence-electron chi connectivity index (χ0n) is 52.8. The zero-order valence-corrected chi connectivity index (χ0v) is 52.8. The van der Waals surface area contributed by atoms with E-state index in [2.05, 4.69) is 118 Å². The third-order valence-electron chi connectivity index (χ3n) is 14.8. The molecule has 0 aromatic carbocycles. The minimum atomic E-state index is -0.796. The number of carbonyl (C=O) groups is 3. The molecule has 0 bridgehead atoms. The second-order valence-corrected chi connectivity index (χ2v) is 22.7. The Morgan fingerprint density at radius 3 is 0.800 bits per heavy atom. The molecule has 6 heteroatoms. The van der Waals surface area contributed by atoms with Gasteiger partial charge in [-0.1, -0.05) is 311 Å². The van der Waals surface area contributed by atoms with Gasteiger partial charge in [0.25, 0.3) is 0 Å². The highest BCUT2D eigenvalue weighted by atomic mass is 16.6. The molecular weight excluding hydrogens is 985 g/mol. The van der Waals surface area contributed by atoms with Crippen molar-refractivity contribution in [3.63, 3.8) is 0 Å². The summed E-state index contributed by atoms with van der Waals surface area (Å²) < 4.78 is 16.9. The number of ether oxygens (including phenoxy) is 3. The Morgan fingerprint density at radius 1 is 0.263 bits per heavy atom. The second-order valence-electron chi connectivity index (χ2n) is 22.7. The summed E-state index contributed by atoms with van der Waals surface area (Å²) in [6, 6.07) is 0. The van der Waals surface area contributed by atoms with Gasteiger partial charge in [0.2, 0.25) is 0 Å². The maximum Gasteiger partial charge on any atom is 0.306 e. The summed E-state index contributed by atoms with van der Waals surface area (Å²) in [6.45, 7) is 6.52. The van der Waals surface area contributed by atoms with E-state index < -0.39 is 6.10 Å². The summed E-state index contributed by atoms with van der Waals surface area (Å²) in [4.78, 5) is 38.4. The van der Waals surface area contributed by atoms with Crippen LogP contribution in [0.25, 0.3) is 0 Å². The predicted octanol–water partition coefficient (Wildman–Crippen LogP) is 23.6. The van der Waals surface area contributed by atoms with Crippen LogP contribution in [0.5, 0.6) is 0 Å². The van der Waals surface area contributed by atoms with Crippen molar-refractivity contribution < 1.29 is 28.6 Å². The first kappa shape index (κ1) is 76.3. The molecular formula is C74H128O6. The topological polar surface area (TPSA) is 78.9 Å². The Kier molecular flexibility index (Phi) is 64.7. The lowest BCUT2D eigenvalue weighted by Gasteiger charge is -2.18. The molecule has 460 valence electrons. The average molecular weight is 1110 g/mol. The lowest BCUT2D eigenvalue weighted by molar-refractivity contribution is -0.167. The molecule has 0 aliphatic carbocycles. The Bertz CT molecular complexity index is 1560. The molecule has 0 N–H and O–H groups in total. The Balaban J connectivity index is 4.36. The van der Waals surface area contributed by atoms with Gasteiger partial charge < -0.3 is 14.2 Å². The monoisotopic (exact) mass is 1110 g/mol. The quantitative estimate of drug-likeness (QED) is 0.0261. The van der Waals surface area contributed by atoms with Crippen LogP contribution in [0, 0.1) is 0 Å². The SMILES string of the molecule is CC/C=C\C/C=C\C/C=C\C/C=C\C/C=C\C/C=C\C/C=C\CCCCCC(=O)OCC(COC(=O)CCCCCCC/C=C\CCCCCC)OC(=O)CCCCCCCCCCCCCCCCCCCCCCCCCC. The number of unbranched alkanes of at least 4 members (excludes halogenated alkanes) is 35. The lowest BCUT2D eigenvalue weighted by atomic mass is 10.0. The molecule has 0 amide bonds. The molecule has 0 spiro atoms. The highest BCUT2D eigenvalue weighted by Crippen LogP contribution is 2.17. The first-order valence-corrected chi connectivity index (χ1v) is 34.2. The van der Waals surface area contributed by atoms with Gasteiger partial charge in [-0.05, 0) is 103 Å². The van der Waals surface area contributed by atoms with Gasteiger partial charge in [0.1, 0.15) is 13.2 Å². The molecule has 0 radical (unpaired) electrons. The summed E-state index contributed by atoms with van der Waals surface area (Å²) in [7, 11) is 0. The Labute approximate surface area is 496 Å². The summed E-state index contributed by atoms with van der Waals surface area (Å²) in [5, 5.41) is 0. The highest BCUT2D eigenvalue weighted by Gasteiger charge is 2.19. The standard InChI is InChI=1S/C74H128O6/c1-4-7-10-13-16-19-22-25-27-29-31-33-35-37-39-40-42-44-46-49-52-55-58-61-64-67-73(76)79-70-71(69-78-72(75)66-63-60-57-54-51-48-24-21-18-15-12-9-6-3)80-74(77)68-65-62-59-56-53-50-47-45-43-41-38-36-34-32-30-28-26-23-20-17-14-11-8-5-2/h7,10,16,19,21,24-25,27,31,33,37,39,42,44,49,52,71H,4-6,8-9,11-15,17-18,20,22-23,26,28-30,32,34-36,38,40-41,43,45-48,50-51,53-70H2,1-3H3/b10-7-,19-16-,24-21-,27-25-,33-31-,39-37-,44-42-,52-49-. The predicted molar refractivity (Wildman–Crippen MR) is 348 cm³/mol. The van der Waals surface area contributed by atoms with Crippen LogP contribution < -0.4 is 0 Å². The van der Waals surface area contributed by atoms with E-state index in [9.17, 15) is 14.4 Å². The highest BCUT2D eigenvalue weighted by molar-refractivity contribution is 5.71. The largest absolute Gasteiger partial charge is 0.462 e. The van der Waals surface area contributed by atoms with E-state index in [1.54, 1.807) is 0 Å². The molecule has 0 aliphatic heterocycles. The van der Waals surface area contributed by atoms with E-state index in [0.717, 1.165) is 116 Å². The van der Waals surface area contributed by atoms with Crippen molar-refractivity contribution in [2.45, 2.75) is 341 Å². The molecule has 0 aromatic heterocycles. The number of rotatable bonds is 62. The molecule has 0 aliphatic rings. The minimum Gasteiger partial charge on any atom is -0.462 e. The molecule has 0 aromatic rings. The van der Waals surface area contributed by atoms with Crippen LogP contribution in [0.1, 0.15) is 335 Å². The van der Waals surface area contributed by atoms with Crippen LogP contribution in [-0.4, -0.2) is 37.2 Å². The van der Waals surface area contributed by atoms with Crippen molar-refractivity contribution in [1.29, 1.82) is 0 Å². The van der Waals surface area contributed by atoms with E-state index in [0.29, 0.717) is 19.3 Å².